The molecule has 3 N–H and O–H groups in total. The van der Waals surface area contributed by atoms with Gasteiger partial charge in [-0.15, -0.1) is 0 Å². The van der Waals surface area contributed by atoms with E-state index in [1.54, 1.807) is 25.1 Å². The van der Waals surface area contributed by atoms with E-state index in [0.717, 1.165) is 0 Å². The van der Waals surface area contributed by atoms with Crippen LogP contribution in [0, 0.1) is 5.41 Å². The van der Waals surface area contributed by atoms with Crippen LogP contribution in [0.2, 0.25) is 0 Å². The van der Waals surface area contributed by atoms with Gasteiger partial charge in [0.15, 0.2) is 0 Å². The smallest absolute Gasteiger partial charge is 0.338 e. The van der Waals surface area contributed by atoms with E-state index < -0.39 is 11.4 Å². The van der Waals surface area contributed by atoms with E-state index in [1.807, 2.05) is 13.8 Å². The van der Waals surface area contributed by atoms with Crippen LogP contribution in [-0.2, 0) is 9.53 Å². The number of carbonyl (C=O) groups is 2. The van der Waals surface area contributed by atoms with Gasteiger partial charge >= 0.3 is 5.97 Å². The number of anilines is 1. The van der Waals surface area contributed by atoms with Gasteiger partial charge in [-0.2, -0.15) is 0 Å². The topological polar surface area (TPSA) is 81.4 Å². The average Bonchev–Trinajstić information content (AvgIpc) is 2.48. The Morgan fingerprint density at radius 2 is 2.05 bits per heavy atom. The summed E-state index contributed by atoms with van der Waals surface area (Å²) in [4.78, 5) is 23.9. The molecule has 6 heteroatoms. The number of rotatable bonds is 6. The molecule has 5 nitrogen and oxygen atoms in total. The molecule has 1 atom stereocenters. The first-order chi connectivity index (χ1) is 9.87. The van der Waals surface area contributed by atoms with Gasteiger partial charge in [-0.1, -0.05) is 6.92 Å². The fourth-order valence-corrected chi connectivity index (χ4v) is 2.11. The number of nitrogens with two attached hydrogens (primary N) is 1. The van der Waals surface area contributed by atoms with Crippen molar-refractivity contribution >= 4 is 33.5 Å². The number of carbonyl (C=O) groups excluding carboxylic acids is 2. The molecule has 1 unspecified atom stereocenters. The maximum atomic E-state index is 12.3. The molecule has 0 aromatic heterocycles. The zero-order valence-electron chi connectivity index (χ0n) is 12.5. The van der Waals surface area contributed by atoms with Crippen LogP contribution < -0.4 is 11.1 Å². The van der Waals surface area contributed by atoms with Gasteiger partial charge < -0.3 is 15.8 Å². The van der Waals surface area contributed by atoms with Crippen LogP contribution in [-0.4, -0.2) is 25.0 Å². The predicted octanol–water partition coefficient (Wildman–Crippen LogP) is 2.94. The average molecular weight is 357 g/mol. The summed E-state index contributed by atoms with van der Waals surface area (Å²) in [7, 11) is 0. The van der Waals surface area contributed by atoms with Crippen molar-refractivity contribution in [3.63, 3.8) is 0 Å². The minimum Gasteiger partial charge on any atom is -0.462 e. The molecular formula is C15H21BrN2O3. The molecule has 0 saturated carbocycles. The Kier molecular flexibility index (Phi) is 6.36. The van der Waals surface area contributed by atoms with E-state index >= 15 is 0 Å². The molecule has 1 aromatic rings. The molecule has 0 aliphatic carbocycles. The summed E-state index contributed by atoms with van der Waals surface area (Å²) in [5.41, 5.74) is 6.09. The lowest BCUT2D eigenvalue weighted by Gasteiger charge is -2.25. The van der Waals surface area contributed by atoms with E-state index in [-0.39, 0.29) is 12.5 Å². The SMILES string of the molecule is CCOC(=O)c1ccc(NC(=O)C(C)(CC)CN)c(Br)c1. The molecule has 21 heavy (non-hydrogen) atoms. The summed E-state index contributed by atoms with van der Waals surface area (Å²) in [6, 6.07) is 4.91. The van der Waals surface area contributed by atoms with Gasteiger partial charge in [0, 0.05) is 11.0 Å². The van der Waals surface area contributed by atoms with Crippen molar-refractivity contribution < 1.29 is 14.3 Å². The molecule has 0 aliphatic heterocycles. The fraction of sp³-hybridized carbons (Fsp3) is 0.467. The molecule has 0 bridgehead atoms. The molecule has 1 amide bonds. The van der Waals surface area contributed by atoms with Crippen molar-refractivity contribution in [3.05, 3.63) is 28.2 Å². The van der Waals surface area contributed by atoms with Crippen molar-refractivity contribution in [1.29, 1.82) is 0 Å². The third-order valence-electron chi connectivity index (χ3n) is 3.51. The van der Waals surface area contributed by atoms with Crippen molar-refractivity contribution in [1.82, 2.24) is 0 Å². The summed E-state index contributed by atoms with van der Waals surface area (Å²) in [6.45, 7) is 6.09. The van der Waals surface area contributed by atoms with Crippen molar-refractivity contribution in [3.8, 4) is 0 Å². The summed E-state index contributed by atoms with van der Waals surface area (Å²) in [5.74, 6) is -0.534. The fourth-order valence-electron chi connectivity index (χ4n) is 1.63. The third kappa shape index (κ3) is 4.28. The van der Waals surface area contributed by atoms with Gasteiger partial charge in [-0.05, 0) is 54.4 Å². The number of amides is 1. The first-order valence-corrected chi connectivity index (χ1v) is 7.65. The number of esters is 1. The van der Waals surface area contributed by atoms with Gasteiger partial charge in [-0.3, -0.25) is 4.79 Å². The van der Waals surface area contributed by atoms with Crippen molar-refractivity contribution in [2.45, 2.75) is 27.2 Å². The maximum absolute atomic E-state index is 12.3. The van der Waals surface area contributed by atoms with Gasteiger partial charge in [0.25, 0.3) is 0 Å². The van der Waals surface area contributed by atoms with Crippen LogP contribution in [0.15, 0.2) is 22.7 Å². The number of hydrogen-bond acceptors (Lipinski definition) is 4. The van der Waals surface area contributed by atoms with Crippen molar-refractivity contribution in [2.75, 3.05) is 18.5 Å². The second kappa shape index (κ2) is 7.56. The Morgan fingerprint density at radius 3 is 2.52 bits per heavy atom. The van der Waals surface area contributed by atoms with Gasteiger partial charge in [-0.25, -0.2) is 4.79 Å². The second-order valence-electron chi connectivity index (χ2n) is 4.99. The highest BCUT2D eigenvalue weighted by molar-refractivity contribution is 9.10. The Morgan fingerprint density at radius 1 is 1.38 bits per heavy atom. The van der Waals surface area contributed by atoms with Gasteiger partial charge in [0.1, 0.15) is 0 Å². The lowest BCUT2D eigenvalue weighted by Crippen LogP contribution is -2.39. The number of nitrogens with one attached hydrogen (secondary N) is 1. The van der Waals surface area contributed by atoms with Gasteiger partial charge in [0.05, 0.1) is 23.3 Å². The summed E-state index contributed by atoms with van der Waals surface area (Å²) in [5, 5.41) is 2.83. The molecule has 0 saturated heterocycles. The summed E-state index contributed by atoms with van der Waals surface area (Å²) < 4.78 is 5.55. The molecule has 0 fully saturated rings. The maximum Gasteiger partial charge on any atom is 0.338 e. The monoisotopic (exact) mass is 356 g/mol. The van der Waals surface area contributed by atoms with Crippen LogP contribution in [0.3, 0.4) is 0 Å². The predicted molar refractivity (Wildman–Crippen MR) is 86.2 cm³/mol. The second-order valence-corrected chi connectivity index (χ2v) is 5.84. The van der Waals surface area contributed by atoms with Crippen LogP contribution in [0.5, 0.6) is 0 Å². The quantitative estimate of drug-likeness (QED) is 0.767. The summed E-state index contributed by atoms with van der Waals surface area (Å²) >= 11 is 3.35. The lowest BCUT2D eigenvalue weighted by atomic mass is 9.86. The van der Waals surface area contributed by atoms with Crippen LogP contribution >= 0.6 is 15.9 Å². The Labute approximate surface area is 133 Å². The standard InChI is InChI=1S/C15H21BrN2O3/c1-4-15(3,9-17)14(20)18-12-7-6-10(8-11(12)16)13(19)21-5-2/h6-8H,4-5,9,17H2,1-3H3,(H,18,20). The lowest BCUT2D eigenvalue weighted by molar-refractivity contribution is -0.124. The van der Waals surface area contributed by atoms with Crippen LogP contribution in [0.1, 0.15) is 37.6 Å². The Balaban J connectivity index is 2.91. The Hall–Kier alpha value is -1.40. The minimum atomic E-state index is -0.612. The van der Waals surface area contributed by atoms with E-state index in [4.69, 9.17) is 10.5 Å². The van der Waals surface area contributed by atoms with E-state index in [9.17, 15) is 9.59 Å². The van der Waals surface area contributed by atoms with Gasteiger partial charge in [0.2, 0.25) is 5.91 Å². The first-order valence-electron chi connectivity index (χ1n) is 6.86. The molecule has 0 radical (unpaired) electrons. The first kappa shape index (κ1) is 17.7. The highest BCUT2D eigenvalue weighted by atomic mass is 79.9. The minimum absolute atomic E-state index is 0.142. The molecule has 0 aliphatic rings. The third-order valence-corrected chi connectivity index (χ3v) is 4.16. The van der Waals surface area contributed by atoms with Crippen LogP contribution in [0.4, 0.5) is 5.69 Å². The van der Waals surface area contributed by atoms with Crippen molar-refractivity contribution in [2.24, 2.45) is 11.1 Å². The summed E-state index contributed by atoms with van der Waals surface area (Å²) in [6.07, 6.45) is 0.647. The molecule has 1 rings (SSSR count). The normalized spacial score (nSPS) is 13.4. The number of benzene rings is 1. The Bertz CT molecular complexity index is 528. The number of halogens is 1. The molecule has 116 valence electrons. The molecule has 0 spiro atoms. The zero-order valence-corrected chi connectivity index (χ0v) is 14.1. The highest BCUT2D eigenvalue weighted by Crippen LogP contribution is 2.27. The molecule has 0 heterocycles. The largest absolute Gasteiger partial charge is 0.462 e. The zero-order chi connectivity index (χ0) is 16.0. The van der Waals surface area contributed by atoms with E-state index in [1.165, 1.54) is 0 Å². The van der Waals surface area contributed by atoms with Crippen LogP contribution in [0.25, 0.3) is 0 Å². The number of ether oxygens (including phenoxy) is 1. The highest BCUT2D eigenvalue weighted by Gasteiger charge is 2.30. The van der Waals surface area contributed by atoms with E-state index in [0.29, 0.717) is 28.8 Å². The number of hydrogen-bond donors (Lipinski definition) is 2. The molecule has 1 aromatic carbocycles. The van der Waals surface area contributed by atoms with E-state index in [2.05, 4.69) is 21.2 Å². The molecular weight excluding hydrogens is 336 g/mol.